The van der Waals surface area contributed by atoms with Crippen molar-refractivity contribution in [2.75, 3.05) is 19.7 Å². The van der Waals surface area contributed by atoms with Gasteiger partial charge in [0.25, 0.3) is 0 Å². The molecule has 2 N–H and O–H groups in total. The molecule has 1 aromatic heterocycles. The number of hydrogen-bond acceptors (Lipinski definition) is 6. The number of nitrogens with one attached hydrogen (secondary N) is 1. The molecule has 1 saturated carbocycles. The number of amides is 2. The highest BCUT2D eigenvalue weighted by atomic mass is 16.5. The number of unbranched alkanes of at least 4 members (excludes halogenated alkanes) is 1. The van der Waals surface area contributed by atoms with Crippen molar-refractivity contribution >= 4 is 17.8 Å². The lowest BCUT2D eigenvalue weighted by atomic mass is 9.78. The molecule has 2 fully saturated rings. The second-order valence-corrected chi connectivity index (χ2v) is 14.4. The maximum absolute atomic E-state index is 13.5. The van der Waals surface area contributed by atoms with Crippen LogP contribution in [0.5, 0.6) is 5.75 Å². The zero-order valence-corrected chi connectivity index (χ0v) is 30.3. The van der Waals surface area contributed by atoms with Gasteiger partial charge in [-0.2, -0.15) is 0 Å². The topological polar surface area (TPSA) is 122 Å². The van der Waals surface area contributed by atoms with Crippen molar-refractivity contribution in [1.82, 2.24) is 20.2 Å². The number of hydrogen-bond donors (Lipinski definition) is 2. The van der Waals surface area contributed by atoms with Gasteiger partial charge in [0, 0.05) is 43.0 Å². The van der Waals surface area contributed by atoms with Gasteiger partial charge < -0.3 is 20.1 Å². The minimum absolute atomic E-state index is 0.104. The smallest absolute Gasteiger partial charge is 0.310 e. The number of carboxylic acid groups (broad SMARTS) is 1. The molecule has 9 nitrogen and oxygen atoms in total. The molecule has 1 aliphatic heterocycles. The van der Waals surface area contributed by atoms with Crippen LogP contribution in [0.3, 0.4) is 0 Å². The molecule has 9 heteroatoms. The third-order valence-corrected chi connectivity index (χ3v) is 10.7. The van der Waals surface area contributed by atoms with Crippen LogP contribution in [-0.4, -0.2) is 63.5 Å². The normalized spacial score (nSPS) is 17.9. The van der Waals surface area contributed by atoms with Gasteiger partial charge >= 0.3 is 5.97 Å². The van der Waals surface area contributed by atoms with Gasteiger partial charge in [0.1, 0.15) is 11.8 Å². The molecule has 1 aliphatic carbocycles. The van der Waals surface area contributed by atoms with Gasteiger partial charge in [-0.1, -0.05) is 87.4 Å². The van der Waals surface area contributed by atoms with E-state index in [1.807, 2.05) is 60.9 Å². The highest BCUT2D eigenvalue weighted by molar-refractivity contribution is 5.90. The largest absolute Gasteiger partial charge is 0.494 e. The molecule has 1 atom stereocenters. The fourth-order valence-corrected chi connectivity index (χ4v) is 7.21. The highest BCUT2D eigenvalue weighted by Crippen LogP contribution is 2.37. The van der Waals surface area contributed by atoms with Gasteiger partial charge in [-0.05, 0) is 78.3 Å². The fraction of sp³-hybridized carbons (Fsp3) is 0.419. The number of nitrogens with zero attached hydrogens (tertiary/aromatic N) is 3. The van der Waals surface area contributed by atoms with E-state index in [0.717, 1.165) is 52.3 Å². The van der Waals surface area contributed by atoms with E-state index in [1.54, 1.807) is 0 Å². The van der Waals surface area contributed by atoms with Gasteiger partial charge in [0.2, 0.25) is 11.8 Å². The maximum Gasteiger partial charge on any atom is 0.310 e. The van der Waals surface area contributed by atoms with Crippen LogP contribution in [0, 0.1) is 11.8 Å². The van der Waals surface area contributed by atoms with Gasteiger partial charge in [-0.25, -0.2) is 9.97 Å². The number of aromatic nitrogens is 2. The van der Waals surface area contributed by atoms with Gasteiger partial charge in [-0.3, -0.25) is 14.4 Å². The average molecular weight is 703 g/mol. The van der Waals surface area contributed by atoms with Crippen molar-refractivity contribution in [2.24, 2.45) is 11.8 Å². The Labute approximate surface area is 306 Å². The molecule has 0 bridgehead atoms. The van der Waals surface area contributed by atoms with E-state index in [1.165, 1.54) is 42.6 Å². The van der Waals surface area contributed by atoms with E-state index in [9.17, 15) is 19.5 Å². The molecule has 1 saturated heterocycles. The third-order valence-electron chi connectivity index (χ3n) is 10.7. The molecule has 0 radical (unpaired) electrons. The number of carbonyl (C=O) groups excluding carboxylic acids is 2. The monoisotopic (exact) mass is 702 g/mol. The molecule has 272 valence electrons. The van der Waals surface area contributed by atoms with Crippen molar-refractivity contribution in [3.63, 3.8) is 0 Å². The van der Waals surface area contributed by atoms with E-state index in [0.29, 0.717) is 18.3 Å². The van der Waals surface area contributed by atoms with Crippen LogP contribution >= 0.6 is 0 Å². The first kappa shape index (κ1) is 36.7. The fourth-order valence-electron chi connectivity index (χ4n) is 7.21. The lowest BCUT2D eigenvalue weighted by Gasteiger charge is -2.39. The molecular weight excluding hydrogens is 652 g/mol. The van der Waals surface area contributed by atoms with E-state index >= 15 is 0 Å². The minimum atomic E-state index is -0.921. The van der Waals surface area contributed by atoms with Gasteiger partial charge in [-0.15, -0.1) is 0 Å². The molecule has 52 heavy (non-hydrogen) atoms. The van der Waals surface area contributed by atoms with E-state index in [-0.39, 0.29) is 37.7 Å². The number of ether oxygens (including phenoxy) is 1. The molecule has 2 aliphatic rings. The summed E-state index contributed by atoms with van der Waals surface area (Å²) in [5.41, 5.74) is 5.98. The summed E-state index contributed by atoms with van der Waals surface area (Å²) in [4.78, 5) is 48.9. The molecule has 4 aromatic rings. The number of benzene rings is 3. The zero-order chi connectivity index (χ0) is 36.5. The van der Waals surface area contributed by atoms with Crippen molar-refractivity contribution in [3.05, 3.63) is 102 Å². The predicted octanol–water partition coefficient (Wildman–Crippen LogP) is 7.49. The first-order valence-corrected chi connectivity index (χ1v) is 18.8. The number of aliphatic carboxylic acids is 1. The van der Waals surface area contributed by atoms with E-state index in [4.69, 9.17) is 4.74 Å². The van der Waals surface area contributed by atoms with Crippen molar-refractivity contribution in [2.45, 2.75) is 83.6 Å². The minimum Gasteiger partial charge on any atom is -0.494 e. The van der Waals surface area contributed by atoms with Crippen LogP contribution in [0.25, 0.3) is 22.5 Å². The summed E-state index contributed by atoms with van der Waals surface area (Å²) in [7, 11) is 0. The van der Waals surface area contributed by atoms with E-state index < -0.39 is 17.9 Å². The Bertz CT molecular complexity index is 1780. The quantitative estimate of drug-likeness (QED) is 0.123. The summed E-state index contributed by atoms with van der Waals surface area (Å²) in [5, 5.41) is 12.3. The third kappa shape index (κ3) is 9.43. The summed E-state index contributed by atoms with van der Waals surface area (Å²) in [6, 6.07) is 23.1. The first-order chi connectivity index (χ1) is 25.3. The molecule has 2 amide bonds. The zero-order valence-electron chi connectivity index (χ0n) is 30.3. The lowest BCUT2D eigenvalue weighted by Crippen LogP contribution is -2.59. The average Bonchev–Trinajstić information content (AvgIpc) is 3.15. The summed E-state index contributed by atoms with van der Waals surface area (Å²) in [6.45, 7) is 5.33. The summed E-state index contributed by atoms with van der Waals surface area (Å²) >= 11 is 0. The van der Waals surface area contributed by atoms with Crippen LogP contribution in [0.15, 0.2) is 85.2 Å². The maximum atomic E-state index is 13.5. The molecule has 0 unspecified atom stereocenters. The molecule has 6 rings (SSSR count). The Hall–Kier alpha value is -5.05. The van der Waals surface area contributed by atoms with Crippen LogP contribution in [0.2, 0.25) is 0 Å². The lowest BCUT2D eigenvalue weighted by molar-refractivity contribution is -0.154. The van der Waals surface area contributed by atoms with Crippen LogP contribution in [-0.2, 0) is 27.2 Å². The van der Waals surface area contributed by atoms with Gasteiger partial charge in [0.05, 0.1) is 18.9 Å². The molecule has 0 spiro atoms. The van der Waals surface area contributed by atoms with Gasteiger partial charge in [0.15, 0.2) is 5.82 Å². The van der Waals surface area contributed by atoms with Crippen LogP contribution in [0.1, 0.15) is 81.4 Å². The summed E-state index contributed by atoms with van der Waals surface area (Å²) in [6.07, 6.45) is 12.6. The second kappa shape index (κ2) is 17.4. The Morgan fingerprint density at radius 2 is 1.46 bits per heavy atom. The molecular formula is C43H50N4O5. The van der Waals surface area contributed by atoms with Crippen molar-refractivity contribution in [3.8, 4) is 28.3 Å². The standard InChI is InChI=1S/C43H50N4O5/c1-3-5-22-52-38-20-10-31(11-21-38)24-40(48)46-39(42(49)47-27-37(28-47)43(50)51)23-30-8-14-35(15-9-30)41-44-25-36(26-45-41)34-18-16-33(17-19-34)32-12-6-29(4-2)7-13-32/h8-11,14-21,25-26,29,32,37,39H,3-7,12-13,22-24,27-28H2,1-2H3,(H,46,48)(H,50,51)/t29?,32?,39-/m0/s1. The van der Waals surface area contributed by atoms with E-state index in [2.05, 4.69) is 53.4 Å². The molecule has 2 heterocycles. The predicted molar refractivity (Wildman–Crippen MR) is 202 cm³/mol. The Morgan fingerprint density at radius 3 is 2.08 bits per heavy atom. The first-order valence-electron chi connectivity index (χ1n) is 18.8. The summed E-state index contributed by atoms with van der Waals surface area (Å²) in [5.74, 6) is 0.819. The highest BCUT2D eigenvalue weighted by Gasteiger charge is 2.38. The van der Waals surface area contributed by atoms with Crippen molar-refractivity contribution < 1.29 is 24.2 Å². The van der Waals surface area contributed by atoms with Crippen LogP contribution < -0.4 is 10.1 Å². The number of carboxylic acids is 1. The second-order valence-electron chi connectivity index (χ2n) is 14.4. The summed E-state index contributed by atoms with van der Waals surface area (Å²) < 4.78 is 5.73. The number of carbonyl (C=O) groups is 3. The van der Waals surface area contributed by atoms with Crippen molar-refractivity contribution in [1.29, 1.82) is 0 Å². The SMILES string of the molecule is CCCCOc1ccc(CC(=O)N[C@@H](Cc2ccc(-c3ncc(-c4ccc(C5CCC(CC)CC5)cc4)cn3)cc2)C(=O)N2CC(C(=O)O)C2)cc1. The Morgan fingerprint density at radius 1 is 0.827 bits per heavy atom. The Kier molecular flexibility index (Phi) is 12.3. The number of likely N-dealkylation sites (tertiary alicyclic amines) is 1. The number of rotatable bonds is 15. The Balaban J connectivity index is 1.07. The van der Waals surface area contributed by atoms with Crippen LogP contribution in [0.4, 0.5) is 0 Å². The molecule has 3 aromatic carbocycles.